The maximum Gasteiger partial charge on any atom is 0.255 e. The maximum absolute atomic E-state index is 12.1. The number of benzene rings is 2. The quantitative estimate of drug-likeness (QED) is 0.820. The van der Waals surface area contributed by atoms with Crippen molar-refractivity contribution < 1.29 is 9.53 Å². The van der Waals surface area contributed by atoms with Crippen LogP contribution in [0.2, 0.25) is 5.02 Å². The molecule has 0 heterocycles. The fourth-order valence-electron chi connectivity index (χ4n) is 1.62. The minimum atomic E-state index is -0.271. The number of carbonyl (C=O) groups excluding carboxylic acids is 1. The van der Waals surface area contributed by atoms with E-state index < -0.39 is 0 Å². The first-order valence-electron chi connectivity index (χ1n) is 5.70. The predicted octanol–water partition coefficient (Wildman–Crippen LogP) is 3.95. The molecule has 4 nitrogen and oxygen atoms in total. The van der Waals surface area contributed by atoms with Gasteiger partial charge in [-0.2, -0.15) is 0 Å². The van der Waals surface area contributed by atoms with E-state index in [1.807, 2.05) is 0 Å². The molecule has 0 aliphatic heterocycles. The normalized spacial score (nSPS) is 10.2. The van der Waals surface area contributed by atoms with Crippen molar-refractivity contribution in [2.24, 2.45) is 0 Å². The Kier molecular flexibility index (Phi) is 4.52. The molecular weight excluding hydrogens is 344 g/mol. The largest absolute Gasteiger partial charge is 0.497 e. The lowest BCUT2D eigenvalue weighted by molar-refractivity contribution is 0.102. The molecule has 2 aromatic carbocycles. The highest BCUT2D eigenvalue weighted by Gasteiger charge is 2.09. The Balaban J connectivity index is 2.23. The number of nitrogens with two attached hydrogens (primary N) is 1. The molecule has 0 radical (unpaired) electrons. The third-order valence-corrected chi connectivity index (χ3v) is 3.41. The van der Waals surface area contributed by atoms with Crippen LogP contribution in [-0.2, 0) is 0 Å². The molecule has 0 unspecified atom stereocenters. The zero-order valence-electron chi connectivity index (χ0n) is 10.6. The van der Waals surface area contributed by atoms with Crippen molar-refractivity contribution in [1.82, 2.24) is 0 Å². The van der Waals surface area contributed by atoms with Crippen LogP contribution in [0.25, 0.3) is 0 Å². The second-order valence-corrected chi connectivity index (χ2v) is 5.39. The van der Waals surface area contributed by atoms with E-state index in [1.165, 1.54) is 6.07 Å². The van der Waals surface area contributed by atoms with E-state index >= 15 is 0 Å². The number of ether oxygens (including phenoxy) is 1. The highest BCUT2D eigenvalue weighted by atomic mass is 79.9. The van der Waals surface area contributed by atoms with E-state index in [0.717, 1.165) is 4.47 Å². The van der Waals surface area contributed by atoms with Gasteiger partial charge >= 0.3 is 0 Å². The molecule has 6 heteroatoms. The van der Waals surface area contributed by atoms with Crippen LogP contribution in [0, 0.1) is 0 Å². The van der Waals surface area contributed by atoms with Gasteiger partial charge in [0.15, 0.2) is 0 Å². The van der Waals surface area contributed by atoms with Crippen LogP contribution in [-0.4, -0.2) is 13.0 Å². The van der Waals surface area contributed by atoms with E-state index in [4.69, 9.17) is 22.1 Å². The summed E-state index contributed by atoms with van der Waals surface area (Å²) in [7, 11) is 1.56. The first kappa shape index (κ1) is 14.7. The molecule has 20 heavy (non-hydrogen) atoms. The van der Waals surface area contributed by atoms with Crippen LogP contribution in [0.3, 0.4) is 0 Å². The number of methoxy groups -OCH3 is 1. The number of rotatable bonds is 3. The minimum Gasteiger partial charge on any atom is -0.497 e. The molecule has 0 saturated carbocycles. The van der Waals surface area contributed by atoms with Gasteiger partial charge in [0.25, 0.3) is 5.91 Å². The average Bonchev–Trinajstić information content (AvgIpc) is 2.41. The van der Waals surface area contributed by atoms with Crippen LogP contribution in [0.5, 0.6) is 5.75 Å². The van der Waals surface area contributed by atoms with Crippen LogP contribution >= 0.6 is 27.5 Å². The van der Waals surface area contributed by atoms with Gasteiger partial charge in [-0.1, -0.05) is 27.5 Å². The summed E-state index contributed by atoms with van der Waals surface area (Å²) < 4.78 is 5.95. The summed E-state index contributed by atoms with van der Waals surface area (Å²) in [6, 6.07) is 10.0. The van der Waals surface area contributed by atoms with Gasteiger partial charge in [-0.15, -0.1) is 0 Å². The molecule has 0 spiro atoms. The van der Waals surface area contributed by atoms with Crippen LogP contribution in [0.15, 0.2) is 40.9 Å². The minimum absolute atomic E-state index is 0.271. The van der Waals surface area contributed by atoms with E-state index in [1.54, 1.807) is 37.4 Å². The van der Waals surface area contributed by atoms with Crippen molar-refractivity contribution in [2.45, 2.75) is 0 Å². The highest BCUT2D eigenvalue weighted by molar-refractivity contribution is 9.10. The Morgan fingerprint density at radius 3 is 2.70 bits per heavy atom. The monoisotopic (exact) mass is 354 g/mol. The molecule has 2 aromatic rings. The third kappa shape index (κ3) is 3.43. The van der Waals surface area contributed by atoms with Crippen molar-refractivity contribution in [3.8, 4) is 5.75 Å². The zero-order valence-corrected chi connectivity index (χ0v) is 13.0. The molecule has 0 aliphatic rings. The van der Waals surface area contributed by atoms with Crippen molar-refractivity contribution in [2.75, 3.05) is 18.2 Å². The fourth-order valence-corrected chi connectivity index (χ4v) is 2.28. The summed E-state index contributed by atoms with van der Waals surface area (Å²) in [4.78, 5) is 12.1. The fraction of sp³-hybridized carbons (Fsp3) is 0.0714. The summed E-state index contributed by atoms with van der Waals surface area (Å²) >= 11 is 9.25. The molecule has 3 N–H and O–H groups in total. The standard InChI is InChI=1S/C14H12BrClN2O2/c1-20-11-6-9(15)5-10(7-11)18-14(19)8-2-3-13(17)12(16)4-8/h2-7H,17H2,1H3,(H,18,19). The summed E-state index contributed by atoms with van der Waals surface area (Å²) in [6.45, 7) is 0. The van der Waals surface area contributed by atoms with E-state index in [-0.39, 0.29) is 5.91 Å². The molecule has 0 saturated heterocycles. The summed E-state index contributed by atoms with van der Waals surface area (Å²) in [5.74, 6) is 0.372. The first-order valence-corrected chi connectivity index (χ1v) is 6.87. The third-order valence-electron chi connectivity index (χ3n) is 2.63. The topological polar surface area (TPSA) is 64.3 Å². The van der Waals surface area contributed by atoms with Crippen LogP contribution < -0.4 is 15.8 Å². The van der Waals surface area contributed by atoms with Gasteiger partial charge in [0.05, 0.1) is 17.8 Å². The van der Waals surface area contributed by atoms with Crippen LogP contribution in [0.4, 0.5) is 11.4 Å². The lowest BCUT2D eigenvalue weighted by atomic mass is 10.2. The smallest absolute Gasteiger partial charge is 0.255 e. The second-order valence-electron chi connectivity index (χ2n) is 4.07. The van der Waals surface area contributed by atoms with Crippen molar-refractivity contribution in [3.05, 3.63) is 51.5 Å². The predicted molar refractivity (Wildman–Crippen MR) is 84.5 cm³/mol. The van der Waals surface area contributed by atoms with Gasteiger partial charge in [-0.05, 0) is 30.3 Å². The van der Waals surface area contributed by atoms with Gasteiger partial charge in [0.2, 0.25) is 0 Å². The van der Waals surface area contributed by atoms with Gasteiger partial charge in [-0.25, -0.2) is 0 Å². The Hall–Kier alpha value is -1.72. The number of nitrogens with one attached hydrogen (secondary N) is 1. The Labute approximate surface area is 130 Å². The van der Waals surface area contributed by atoms with Crippen molar-refractivity contribution >= 4 is 44.8 Å². The number of hydrogen-bond donors (Lipinski definition) is 2. The molecule has 104 valence electrons. The zero-order chi connectivity index (χ0) is 14.7. The summed E-state index contributed by atoms with van der Waals surface area (Å²) in [5, 5.41) is 3.12. The van der Waals surface area contributed by atoms with E-state index in [9.17, 15) is 4.79 Å². The summed E-state index contributed by atoms with van der Waals surface area (Å²) in [6.07, 6.45) is 0. The molecular formula is C14H12BrClN2O2. The number of halogens is 2. The Bertz CT molecular complexity index is 662. The molecule has 2 rings (SSSR count). The van der Waals surface area contributed by atoms with E-state index in [2.05, 4.69) is 21.2 Å². The second kappa shape index (κ2) is 6.15. The Morgan fingerprint density at radius 2 is 2.05 bits per heavy atom. The van der Waals surface area contributed by atoms with Crippen LogP contribution in [0.1, 0.15) is 10.4 Å². The van der Waals surface area contributed by atoms with Crippen molar-refractivity contribution in [3.63, 3.8) is 0 Å². The maximum atomic E-state index is 12.1. The lowest BCUT2D eigenvalue weighted by Crippen LogP contribution is -2.12. The average molecular weight is 356 g/mol. The molecule has 0 aliphatic carbocycles. The molecule has 0 bridgehead atoms. The molecule has 0 aromatic heterocycles. The number of carbonyl (C=O) groups is 1. The molecule has 0 fully saturated rings. The number of nitrogen functional groups attached to an aromatic ring is 1. The van der Waals surface area contributed by atoms with Crippen molar-refractivity contribution in [1.29, 1.82) is 0 Å². The van der Waals surface area contributed by atoms with Gasteiger partial charge in [-0.3, -0.25) is 4.79 Å². The summed E-state index contributed by atoms with van der Waals surface area (Å²) in [5.41, 5.74) is 7.10. The molecule has 0 atom stereocenters. The lowest BCUT2D eigenvalue weighted by Gasteiger charge is -2.09. The number of hydrogen-bond acceptors (Lipinski definition) is 3. The number of amides is 1. The Morgan fingerprint density at radius 1 is 1.30 bits per heavy atom. The highest BCUT2D eigenvalue weighted by Crippen LogP contribution is 2.25. The van der Waals surface area contributed by atoms with Gasteiger partial charge in [0.1, 0.15) is 5.75 Å². The molecule has 1 amide bonds. The van der Waals surface area contributed by atoms with Gasteiger partial charge < -0.3 is 15.8 Å². The van der Waals surface area contributed by atoms with E-state index in [0.29, 0.717) is 27.7 Å². The first-order chi connectivity index (χ1) is 9.49. The van der Waals surface area contributed by atoms with Gasteiger partial charge in [0, 0.05) is 21.8 Å². The SMILES string of the molecule is COc1cc(Br)cc(NC(=O)c2ccc(N)c(Cl)c2)c1. The number of anilines is 2.